The van der Waals surface area contributed by atoms with Gasteiger partial charge >= 0.3 is 0 Å². The van der Waals surface area contributed by atoms with Crippen LogP contribution in [0.25, 0.3) is 11.4 Å². The maximum atomic E-state index is 11.4. The molecule has 17 heavy (non-hydrogen) atoms. The SMILES string of the molecule is CC(C)n1c(-c2ccsc2)nnc1S(N)(=O)=O. The molecular formula is C9H12N4O2S2. The first-order chi connectivity index (χ1) is 7.91. The van der Waals surface area contributed by atoms with Gasteiger partial charge in [0, 0.05) is 17.0 Å². The van der Waals surface area contributed by atoms with Crippen LogP contribution in [0.15, 0.2) is 22.0 Å². The van der Waals surface area contributed by atoms with Crippen molar-refractivity contribution in [2.24, 2.45) is 5.14 Å². The van der Waals surface area contributed by atoms with Gasteiger partial charge in [0.05, 0.1) is 0 Å². The molecule has 0 radical (unpaired) electrons. The average Bonchev–Trinajstić information content (AvgIpc) is 2.84. The Morgan fingerprint density at radius 2 is 2.12 bits per heavy atom. The lowest BCUT2D eigenvalue weighted by Crippen LogP contribution is -2.20. The molecule has 0 fully saturated rings. The van der Waals surface area contributed by atoms with Gasteiger partial charge in [-0.1, -0.05) is 0 Å². The van der Waals surface area contributed by atoms with Crippen molar-refractivity contribution >= 4 is 21.4 Å². The standard InChI is InChI=1S/C9H12N4O2S2/c1-6(2)13-8(7-3-4-16-5-7)11-12-9(13)17(10,14)15/h3-6H,1-2H3,(H2,10,14,15). The zero-order valence-corrected chi connectivity index (χ0v) is 11.0. The smallest absolute Gasteiger partial charge is 0.273 e. The molecule has 0 aromatic carbocycles. The van der Waals surface area contributed by atoms with E-state index in [9.17, 15) is 8.42 Å². The number of thiophene rings is 1. The van der Waals surface area contributed by atoms with E-state index in [2.05, 4.69) is 10.2 Å². The lowest BCUT2D eigenvalue weighted by molar-refractivity contribution is 0.524. The molecule has 0 bridgehead atoms. The lowest BCUT2D eigenvalue weighted by Gasteiger charge is -2.11. The normalized spacial score (nSPS) is 12.2. The fourth-order valence-electron chi connectivity index (χ4n) is 1.53. The van der Waals surface area contributed by atoms with Crippen molar-refractivity contribution < 1.29 is 8.42 Å². The van der Waals surface area contributed by atoms with Crippen molar-refractivity contribution in [3.63, 3.8) is 0 Å². The van der Waals surface area contributed by atoms with Gasteiger partial charge in [-0.05, 0) is 25.3 Å². The maximum Gasteiger partial charge on any atom is 0.273 e. The van der Waals surface area contributed by atoms with Crippen LogP contribution in [0, 0.1) is 0 Å². The van der Waals surface area contributed by atoms with Gasteiger partial charge in [-0.3, -0.25) is 4.57 Å². The Hall–Kier alpha value is -1.25. The number of primary sulfonamides is 1. The topological polar surface area (TPSA) is 90.9 Å². The lowest BCUT2D eigenvalue weighted by atomic mass is 10.3. The molecule has 8 heteroatoms. The Labute approximate surface area is 103 Å². The Kier molecular flexibility index (Phi) is 3.02. The summed E-state index contributed by atoms with van der Waals surface area (Å²) in [4.78, 5) is 0. The third-order valence-electron chi connectivity index (χ3n) is 2.21. The minimum absolute atomic E-state index is 0.0896. The van der Waals surface area contributed by atoms with E-state index in [4.69, 9.17) is 5.14 Å². The average molecular weight is 272 g/mol. The summed E-state index contributed by atoms with van der Waals surface area (Å²) in [6, 6.07) is 1.77. The Morgan fingerprint density at radius 1 is 1.41 bits per heavy atom. The van der Waals surface area contributed by atoms with E-state index in [0.717, 1.165) is 5.56 Å². The molecule has 0 aliphatic carbocycles. The van der Waals surface area contributed by atoms with Crippen LogP contribution in [0.5, 0.6) is 0 Å². The van der Waals surface area contributed by atoms with E-state index in [1.165, 1.54) is 15.9 Å². The van der Waals surface area contributed by atoms with Gasteiger partial charge in [0.25, 0.3) is 15.2 Å². The second-order valence-electron chi connectivity index (χ2n) is 3.83. The number of nitrogens with zero attached hydrogens (tertiary/aromatic N) is 3. The maximum absolute atomic E-state index is 11.4. The van der Waals surface area contributed by atoms with Gasteiger partial charge in [0.15, 0.2) is 5.82 Å². The number of hydrogen-bond acceptors (Lipinski definition) is 5. The minimum Gasteiger partial charge on any atom is -0.294 e. The number of rotatable bonds is 3. The molecule has 2 aromatic heterocycles. The molecular weight excluding hydrogens is 260 g/mol. The molecule has 0 saturated heterocycles. The molecule has 2 N–H and O–H groups in total. The van der Waals surface area contributed by atoms with Crippen LogP contribution in [-0.4, -0.2) is 23.2 Å². The van der Waals surface area contributed by atoms with E-state index >= 15 is 0 Å². The number of nitrogens with two attached hydrogens (primary N) is 1. The van der Waals surface area contributed by atoms with Crippen molar-refractivity contribution in [2.45, 2.75) is 25.0 Å². The summed E-state index contributed by atoms with van der Waals surface area (Å²) in [5.41, 5.74) is 0.839. The molecule has 2 aromatic rings. The number of sulfonamides is 1. The van der Waals surface area contributed by atoms with E-state index in [0.29, 0.717) is 5.82 Å². The van der Waals surface area contributed by atoms with Crippen molar-refractivity contribution in [2.75, 3.05) is 0 Å². The second-order valence-corrected chi connectivity index (χ2v) is 6.06. The highest BCUT2D eigenvalue weighted by Crippen LogP contribution is 2.25. The first-order valence-corrected chi connectivity index (χ1v) is 7.40. The number of hydrogen-bond donors (Lipinski definition) is 1. The monoisotopic (exact) mass is 272 g/mol. The summed E-state index contributed by atoms with van der Waals surface area (Å²) in [7, 11) is -3.86. The van der Waals surface area contributed by atoms with Gasteiger partial charge in [0.1, 0.15) is 0 Å². The van der Waals surface area contributed by atoms with Crippen molar-refractivity contribution in [3.05, 3.63) is 16.8 Å². The number of aromatic nitrogens is 3. The fraction of sp³-hybridized carbons (Fsp3) is 0.333. The van der Waals surface area contributed by atoms with E-state index < -0.39 is 10.0 Å². The van der Waals surface area contributed by atoms with Crippen LogP contribution in [0.4, 0.5) is 0 Å². The highest BCUT2D eigenvalue weighted by molar-refractivity contribution is 7.89. The third kappa shape index (κ3) is 2.24. The van der Waals surface area contributed by atoms with Crippen LogP contribution < -0.4 is 5.14 Å². The van der Waals surface area contributed by atoms with Crippen LogP contribution in [0.3, 0.4) is 0 Å². The minimum atomic E-state index is -3.86. The van der Waals surface area contributed by atoms with Crippen LogP contribution in [-0.2, 0) is 10.0 Å². The fourth-order valence-corrected chi connectivity index (χ4v) is 2.89. The van der Waals surface area contributed by atoms with Crippen LogP contribution in [0.1, 0.15) is 19.9 Å². The van der Waals surface area contributed by atoms with E-state index in [-0.39, 0.29) is 11.2 Å². The first kappa shape index (κ1) is 12.2. The predicted molar refractivity (Wildman–Crippen MR) is 65.1 cm³/mol. The van der Waals surface area contributed by atoms with Crippen LogP contribution >= 0.6 is 11.3 Å². The quantitative estimate of drug-likeness (QED) is 0.910. The zero-order chi connectivity index (χ0) is 12.6. The van der Waals surface area contributed by atoms with E-state index in [1.807, 2.05) is 30.7 Å². The second kappa shape index (κ2) is 4.21. The molecule has 2 rings (SSSR count). The zero-order valence-electron chi connectivity index (χ0n) is 9.36. The molecule has 0 aliphatic heterocycles. The summed E-state index contributed by atoms with van der Waals surface area (Å²) in [6.45, 7) is 3.71. The van der Waals surface area contributed by atoms with Gasteiger partial charge in [-0.15, -0.1) is 10.2 Å². The van der Waals surface area contributed by atoms with Crippen molar-refractivity contribution in [1.29, 1.82) is 0 Å². The molecule has 6 nitrogen and oxygen atoms in total. The first-order valence-electron chi connectivity index (χ1n) is 4.91. The molecule has 0 spiro atoms. The van der Waals surface area contributed by atoms with E-state index in [1.54, 1.807) is 0 Å². The molecule has 0 amide bonds. The van der Waals surface area contributed by atoms with Gasteiger partial charge in [-0.2, -0.15) is 11.3 Å². The predicted octanol–water partition coefficient (Wildman–Crippen LogP) is 1.23. The summed E-state index contributed by atoms with van der Waals surface area (Å²) < 4.78 is 24.3. The third-order valence-corrected chi connectivity index (χ3v) is 3.69. The molecule has 2 heterocycles. The Balaban J connectivity index is 2.68. The molecule has 0 unspecified atom stereocenters. The van der Waals surface area contributed by atoms with Crippen LogP contribution in [0.2, 0.25) is 0 Å². The van der Waals surface area contributed by atoms with Crippen molar-refractivity contribution in [1.82, 2.24) is 14.8 Å². The highest BCUT2D eigenvalue weighted by Gasteiger charge is 2.23. The molecule has 0 atom stereocenters. The van der Waals surface area contributed by atoms with Gasteiger partial charge in [-0.25, -0.2) is 13.6 Å². The Bertz CT molecular complexity index is 613. The van der Waals surface area contributed by atoms with Gasteiger partial charge < -0.3 is 0 Å². The summed E-state index contributed by atoms with van der Waals surface area (Å²) in [6.07, 6.45) is 0. The molecule has 92 valence electrons. The summed E-state index contributed by atoms with van der Waals surface area (Å²) in [5, 5.41) is 16.3. The molecule has 0 saturated carbocycles. The van der Waals surface area contributed by atoms with Crippen molar-refractivity contribution in [3.8, 4) is 11.4 Å². The summed E-state index contributed by atoms with van der Waals surface area (Å²) >= 11 is 1.51. The van der Waals surface area contributed by atoms with Gasteiger partial charge in [0.2, 0.25) is 0 Å². The summed E-state index contributed by atoms with van der Waals surface area (Å²) in [5.74, 6) is 0.519. The Morgan fingerprint density at radius 3 is 2.59 bits per heavy atom. The molecule has 0 aliphatic rings. The largest absolute Gasteiger partial charge is 0.294 e. The highest BCUT2D eigenvalue weighted by atomic mass is 32.2.